The van der Waals surface area contributed by atoms with Gasteiger partial charge in [-0.05, 0) is 23.9 Å². The molecule has 0 rings (SSSR count). The maximum atomic E-state index is 9.64. The Morgan fingerprint density at radius 3 is 2.88 bits per heavy atom. The Morgan fingerprint density at radius 2 is 2.38 bits per heavy atom. The number of hydrogen-bond acceptors (Lipinski definition) is 1. The predicted octanol–water partition coefficient (Wildman–Crippen LogP) is 1.12. The lowest BCUT2D eigenvalue weighted by Gasteiger charge is -1.76. The lowest BCUT2D eigenvalue weighted by atomic mass is 10.3. The third kappa shape index (κ3) is 5.41. The van der Waals surface area contributed by atoms with Crippen molar-refractivity contribution in [3.63, 3.8) is 0 Å². The molecule has 1 nitrogen and oxygen atoms in total. The second kappa shape index (κ2) is 6.41. The SMILES string of the molecule is C=CCCC=C=S=O. The molecule has 0 unspecified atom stereocenters. The van der Waals surface area contributed by atoms with Gasteiger partial charge in [-0.3, -0.25) is 0 Å². The van der Waals surface area contributed by atoms with Crippen LogP contribution in [0.25, 0.3) is 0 Å². The highest BCUT2D eigenvalue weighted by molar-refractivity contribution is 7.64. The molecule has 0 atom stereocenters. The van der Waals surface area contributed by atoms with Crippen molar-refractivity contribution in [1.82, 2.24) is 0 Å². The fourth-order valence-electron chi connectivity index (χ4n) is 0.294. The van der Waals surface area contributed by atoms with Gasteiger partial charge in [-0.2, -0.15) is 0 Å². The van der Waals surface area contributed by atoms with E-state index < -0.39 is 0 Å². The van der Waals surface area contributed by atoms with E-state index in [1.54, 1.807) is 6.08 Å². The van der Waals surface area contributed by atoms with E-state index in [1.807, 2.05) is 6.08 Å². The quantitative estimate of drug-likeness (QED) is 0.316. The summed E-state index contributed by atoms with van der Waals surface area (Å²) in [6, 6.07) is 0. The maximum absolute atomic E-state index is 9.64. The van der Waals surface area contributed by atoms with Gasteiger partial charge >= 0.3 is 0 Å². The van der Waals surface area contributed by atoms with Crippen LogP contribution in [-0.2, 0) is 11.3 Å². The minimum absolute atomic E-state index is 0.362. The fraction of sp³-hybridized carbons (Fsp3) is 0.333. The molecule has 0 radical (unpaired) electrons. The van der Waals surface area contributed by atoms with Crippen LogP contribution in [-0.4, -0.2) is 9.23 Å². The molecule has 0 aliphatic carbocycles. The van der Waals surface area contributed by atoms with Gasteiger partial charge in [0.05, 0.1) is 0 Å². The third-order valence-electron chi connectivity index (χ3n) is 0.647. The molecule has 0 spiro atoms. The van der Waals surface area contributed by atoms with Gasteiger partial charge in [0.25, 0.3) is 0 Å². The first kappa shape index (κ1) is 7.41. The molecule has 0 heterocycles. The summed E-state index contributed by atoms with van der Waals surface area (Å²) in [6.07, 6.45) is 5.33. The lowest BCUT2D eigenvalue weighted by Crippen LogP contribution is -1.61. The predicted molar refractivity (Wildman–Crippen MR) is 37.2 cm³/mol. The summed E-state index contributed by atoms with van der Waals surface area (Å²) in [4.78, 5) is 0. The van der Waals surface area contributed by atoms with E-state index in [4.69, 9.17) is 0 Å². The highest BCUT2D eigenvalue weighted by Crippen LogP contribution is 1.85. The molecule has 0 aliphatic rings. The number of allylic oxidation sites excluding steroid dienone is 2. The summed E-state index contributed by atoms with van der Waals surface area (Å²) in [5.41, 5.74) is 0. The highest BCUT2D eigenvalue weighted by atomic mass is 32.1. The zero-order chi connectivity index (χ0) is 6.24. The topological polar surface area (TPSA) is 17.1 Å². The summed E-state index contributed by atoms with van der Waals surface area (Å²) < 4.78 is 9.64. The number of hydrogen-bond donors (Lipinski definition) is 0. The Labute approximate surface area is 52.8 Å². The van der Waals surface area contributed by atoms with E-state index in [-0.39, 0.29) is 0 Å². The average molecular weight is 128 g/mol. The Balaban J connectivity index is 3.29. The van der Waals surface area contributed by atoms with Crippen LogP contribution in [0.2, 0.25) is 0 Å². The smallest absolute Gasteiger partial charge is 0.141 e. The summed E-state index contributed by atoms with van der Waals surface area (Å²) in [6.45, 7) is 3.53. The van der Waals surface area contributed by atoms with Gasteiger partial charge in [0.1, 0.15) is 11.3 Å². The van der Waals surface area contributed by atoms with Gasteiger partial charge in [0, 0.05) is 0 Å². The second-order valence-corrected chi connectivity index (χ2v) is 1.67. The zero-order valence-corrected chi connectivity index (χ0v) is 5.41. The van der Waals surface area contributed by atoms with Crippen LogP contribution in [0.5, 0.6) is 0 Å². The van der Waals surface area contributed by atoms with E-state index in [9.17, 15) is 4.21 Å². The van der Waals surface area contributed by atoms with Crippen LogP contribution in [0.4, 0.5) is 0 Å². The molecule has 0 aromatic carbocycles. The number of unbranched alkanes of at least 4 members (excludes halogenated alkanes) is 1. The lowest BCUT2D eigenvalue weighted by molar-refractivity contribution is 0.701. The van der Waals surface area contributed by atoms with Gasteiger partial charge in [-0.15, -0.1) is 6.58 Å². The van der Waals surface area contributed by atoms with Crippen LogP contribution < -0.4 is 0 Å². The van der Waals surface area contributed by atoms with Gasteiger partial charge in [0.15, 0.2) is 0 Å². The molecule has 0 saturated carbocycles. The maximum Gasteiger partial charge on any atom is 0.141 e. The molecule has 8 heavy (non-hydrogen) atoms. The van der Waals surface area contributed by atoms with E-state index in [0.29, 0.717) is 11.3 Å². The van der Waals surface area contributed by atoms with Crippen molar-refractivity contribution in [2.45, 2.75) is 12.8 Å². The average Bonchev–Trinajstić information content (AvgIpc) is 1.81. The van der Waals surface area contributed by atoms with Crippen molar-refractivity contribution in [3.8, 4) is 0 Å². The van der Waals surface area contributed by atoms with Crippen molar-refractivity contribution >= 4 is 16.3 Å². The van der Waals surface area contributed by atoms with Gasteiger partial charge < -0.3 is 0 Å². The van der Waals surface area contributed by atoms with Crippen LogP contribution in [0.3, 0.4) is 0 Å². The fourth-order valence-corrected chi connectivity index (χ4v) is 0.480. The van der Waals surface area contributed by atoms with Crippen LogP contribution in [0.15, 0.2) is 18.7 Å². The van der Waals surface area contributed by atoms with E-state index in [1.165, 1.54) is 0 Å². The monoisotopic (exact) mass is 128 g/mol. The molecule has 0 fully saturated rings. The minimum atomic E-state index is 0.362. The summed E-state index contributed by atoms with van der Waals surface area (Å²) in [7, 11) is 0. The second-order valence-electron chi connectivity index (χ2n) is 1.27. The first-order chi connectivity index (χ1) is 3.91. The van der Waals surface area contributed by atoms with E-state index in [2.05, 4.69) is 11.6 Å². The summed E-state index contributed by atoms with van der Waals surface area (Å²) in [5, 5.41) is 2.47. The molecule has 0 amide bonds. The molecule has 2 heteroatoms. The van der Waals surface area contributed by atoms with Gasteiger partial charge in [0.2, 0.25) is 0 Å². The van der Waals surface area contributed by atoms with Gasteiger partial charge in [-0.25, -0.2) is 4.21 Å². The Kier molecular flexibility index (Phi) is 5.94. The first-order valence-electron chi connectivity index (χ1n) is 2.38. The van der Waals surface area contributed by atoms with Crippen LogP contribution in [0, 0.1) is 0 Å². The Hall–Kier alpha value is -0.590. The molecule has 0 N–H and O–H groups in total. The number of rotatable bonds is 3. The summed E-state index contributed by atoms with van der Waals surface area (Å²) in [5.74, 6) is 0. The largest absolute Gasteiger partial charge is 0.203 e. The van der Waals surface area contributed by atoms with E-state index in [0.717, 1.165) is 12.8 Å². The Bertz CT molecular complexity index is 139. The normalized spacial score (nSPS) is 7.00. The van der Waals surface area contributed by atoms with Crippen molar-refractivity contribution in [1.29, 1.82) is 0 Å². The summed E-state index contributed by atoms with van der Waals surface area (Å²) >= 11 is 0.362. The van der Waals surface area contributed by atoms with Gasteiger partial charge in [-0.1, -0.05) is 6.08 Å². The third-order valence-corrected chi connectivity index (χ3v) is 0.909. The minimum Gasteiger partial charge on any atom is -0.203 e. The molecule has 0 bridgehead atoms. The molecule has 0 saturated heterocycles. The Morgan fingerprint density at radius 1 is 1.62 bits per heavy atom. The molecule has 0 aromatic heterocycles. The zero-order valence-electron chi connectivity index (χ0n) is 4.59. The standard InChI is InChI=1S/C6H8OS/c1-2-3-4-5-6-8-7/h2,5H,1,3-4H2. The highest BCUT2D eigenvalue weighted by Gasteiger charge is 1.69. The van der Waals surface area contributed by atoms with Crippen molar-refractivity contribution in [2.24, 2.45) is 0 Å². The molecule has 0 aliphatic heterocycles. The molecular weight excluding hydrogens is 120 g/mol. The van der Waals surface area contributed by atoms with Crippen molar-refractivity contribution < 1.29 is 4.21 Å². The molecular formula is C6H8OS. The van der Waals surface area contributed by atoms with E-state index >= 15 is 0 Å². The molecule has 44 valence electrons. The van der Waals surface area contributed by atoms with Crippen molar-refractivity contribution in [3.05, 3.63) is 18.7 Å². The molecule has 0 aromatic rings. The van der Waals surface area contributed by atoms with Crippen LogP contribution >= 0.6 is 0 Å². The van der Waals surface area contributed by atoms with Crippen molar-refractivity contribution in [2.75, 3.05) is 0 Å². The first-order valence-corrected chi connectivity index (χ1v) is 3.13. The van der Waals surface area contributed by atoms with Crippen LogP contribution in [0.1, 0.15) is 12.8 Å².